The van der Waals surface area contributed by atoms with Crippen molar-refractivity contribution in [3.05, 3.63) is 0 Å². The summed E-state index contributed by atoms with van der Waals surface area (Å²) in [6.07, 6.45) is 3.60. The summed E-state index contributed by atoms with van der Waals surface area (Å²) in [5.41, 5.74) is 0. The first-order chi connectivity index (χ1) is 10.1. The molecule has 2 saturated heterocycles. The number of carboxylic acids is 1. The molecule has 1 amide bonds. The number of thioether (sulfide) groups is 1. The van der Waals surface area contributed by atoms with E-state index in [9.17, 15) is 14.7 Å². The average Bonchev–Trinajstić information content (AvgIpc) is 2.95. The molecular weight excluding hydrogens is 290 g/mol. The molecule has 0 radical (unpaired) electrons. The van der Waals surface area contributed by atoms with E-state index in [1.54, 1.807) is 4.90 Å². The molecule has 2 fully saturated rings. The van der Waals surface area contributed by atoms with E-state index in [0.717, 1.165) is 30.8 Å². The quantitative estimate of drug-likeness (QED) is 0.810. The molecule has 0 aromatic carbocycles. The lowest BCUT2D eigenvalue weighted by atomic mass is 9.96. The average molecular weight is 315 g/mol. The number of nitrogens with zero attached hydrogens (tertiary/aromatic N) is 1. The summed E-state index contributed by atoms with van der Waals surface area (Å²) in [6.45, 7) is 3.21. The summed E-state index contributed by atoms with van der Waals surface area (Å²) in [5.74, 6) is 1.40. The number of hydrogen-bond acceptors (Lipinski definition) is 4. The molecular formula is C15H25NO4S. The number of hydrogen-bond donors (Lipinski definition) is 1. The number of carbonyl (C=O) groups excluding carboxylic acids is 1. The number of ether oxygens (including phenoxy) is 1. The lowest BCUT2D eigenvalue weighted by molar-refractivity contribution is -0.145. The van der Waals surface area contributed by atoms with Crippen LogP contribution in [0.15, 0.2) is 0 Å². The van der Waals surface area contributed by atoms with Gasteiger partial charge < -0.3 is 14.7 Å². The van der Waals surface area contributed by atoms with Crippen molar-refractivity contribution >= 4 is 23.6 Å². The van der Waals surface area contributed by atoms with Crippen molar-refractivity contribution in [3.8, 4) is 0 Å². The van der Waals surface area contributed by atoms with Crippen molar-refractivity contribution in [1.82, 2.24) is 4.90 Å². The third-order valence-electron chi connectivity index (χ3n) is 4.36. The summed E-state index contributed by atoms with van der Waals surface area (Å²) in [5, 5.41) is 9.28. The van der Waals surface area contributed by atoms with Gasteiger partial charge in [0.1, 0.15) is 5.92 Å². The number of carboxylic acid groups (broad SMARTS) is 1. The van der Waals surface area contributed by atoms with Crippen LogP contribution >= 0.6 is 11.8 Å². The normalized spacial score (nSPS) is 26.7. The molecule has 120 valence electrons. The van der Waals surface area contributed by atoms with Gasteiger partial charge in [0.15, 0.2) is 0 Å². The summed E-state index contributed by atoms with van der Waals surface area (Å²) in [7, 11) is 0. The SMILES string of the molecule is CCCN(C(=O)CC1CCSCC1)C1COCC1C(=O)O. The zero-order valence-electron chi connectivity index (χ0n) is 12.6. The van der Waals surface area contributed by atoms with Gasteiger partial charge >= 0.3 is 5.97 Å². The van der Waals surface area contributed by atoms with Crippen LogP contribution in [0.4, 0.5) is 0 Å². The molecule has 0 aromatic heterocycles. The van der Waals surface area contributed by atoms with E-state index in [2.05, 4.69) is 0 Å². The Hall–Kier alpha value is -0.750. The molecule has 1 N–H and O–H groups in total. The molecule has 2 heterocycles. The molecule has 0 saturated carbocycles. The van der Waals surface area contributed by atoms with Crippen molar-refractivity contribution in [1.29, 1.82) is 0 Å². The molecule has 0 aromatic rings. The minimum atomic E-state index is -0.861. The topological polar surface area (TPSA) is 66.8 Å². The van der Waals surface area contributed by atoms with Crippen LogP contribution in [0.3, 0.4) is 0 Å². The highest BCUT2D eigenvalue weighted by atomic mass is 32.2. The van der Waals surface area contributed by atoms with Crippen molar-refractivity contribution in [3.63, 3.8) is 0 Å². The van der Waals surface area contributed by atoms with Crippen LogP contribution in [0.2, 0.25) is 0 Å². The largest absolute Gasteiger partial charge is 0.481 e. The summed E-state index contributed by atoms with van der Waals surface area (Å²) >= 11 is 1.95. The molecule has 2 unspecified atom stereocenters. The minimum absolute atomic E-state index is 0.107. The van der Waals surface area contributed by atoms with Gasteiger partial charge in [-0.05, 0) is 36.7 Å². The lowest BCUT2D eigenvalue weighted by Crippen LogP contribution is -2.47. The molecule has 2 aliphatic rings. The van der Waals surface area contributed by atoms with E-state index in [4.69, 9.17) is 4.74 Å². The number of aliphatic carboxylic acids is 1. The Morgan fingerprint density at radius 3 is 2.62 bits per heavy atom. The summed E-state index contributed by atoms with van der Waals surface area (Å²) in [6, 6.07) is -0.298. The van der Waals surface area contributed by atoms with E-state index in [1.807, 2.05) is 18.7 Å². The van der Waals surface area contributed by atoms with E-state index in [1.165, 1.54) is 0 Å². The van der Waals surface area contributed by atoms with E-state index >= 15 is 0 Å². The molecule has 0 spiro atoms. The van der Waals surface area contributed by atoms with Crippen molar-refractivity contribution in [2.45, 2.75) is 38.6 Å². The molecule has 0 bridgehead atoms. The van der Waals surface area contributed by atoms with Gasteiger partial charge in [0.25, 0.3) is 0 Å². The van der Waals surface area contributed by atoms with Gasteiger partial charge in [-0.1, -0.05) is 6.92 Å². The van der Waals surface area contributed by atoms with Gasteiger partial charge in [-0.25, -0.2) is 0 Å². The van der Waals surface area contributed by atoms with Gasteiger partial charge in [-0.2, -0.15) is 11.8 Å². The van der Waals surface area contributed by atoms with Crippen molar-refractivity contribution in [2.75, 3.05) is 31.3 Å². The number of rotatable bonds is 6. The highest BCUT2D eigenvalue weighted by Gasteiger charge is 2.40. The molecule has 2 aliphatic heterocycles. The van der Waals surface area contributed by atoms with Gasteiger partial charge in [0, 0.05) is 13.0 Å². The van der Waals surface area contributed by atoms with Crippen LogP contribution in [-0.4, -0.2) is 59.2 Å². The van der Waals surface area contributed by atoms with Crippen LogP contribution in [0.25, 0.3) is 0 Å². The molecule has 2 atom stereocenters. The Balaban J connectivity index is 1.99. The molecule has 0 aliphatic carbocycles. The maximum Gasteiger partial charge on any atom is 0.311 e. The molecule has 6 heteroatoms. The van der Waals surface area contributed by atoms with Gasteiger partial charge in [-0.3, -0.25) is 9.59 Å². The van der Waals surface area contributed by atoms with Crippen molar-refractivity contribution < 1.29 is 19.4 Å². The first kappa shape index (κ1) is 16.6. The van der Waals surface area contributed by atoms with E-state index < -0.39 is 11.9 Å². The molecule has 2 rings (SSSR count). The Labute approximate surface area is 130 Å². The third-order valence-corrected chi connectivity index (χ3v) is 5.41. The Morgan fingerprint density at radius 1 is 1.29 bits per heavy atom. The van der Waals surface area contributed by atoms with Crippen LogP contribution in [0, 0.1) is 11.8 Å². The number of amides is 1. The standard InChI is InChI=1S/C15H25NO4S/c1-2-5-16(13-10-20-9-12(13)15(18)19)14(17)8-11-3-6-21-7-4-11/h11-13H,2-10H2,1H3,(H,18,19). The maximum absolute atomic E-state index is 12.6. The monoisotopic (exact) mass is 315 g/mol. The van der Waals surface area contributed by atoms with Gasteiger partial charge in [-0.15, -0.1) is 0 Å². The second-order valence-corrected chi connectivity index (χ2v) is 7.12. The Bertz CT molecular complexity index is 371. The first-order valence-corrected chi connectivity index (χ1v) is 8.96. The fraction of sp³-hybridized carbons (Fsp3) is 0.867. The smallest absolute Gasteiger partial charge is 0.311 e. The highest BCUT2D eigenvalue weighted by Crippen LogP contribution is 2.28. The molecule has 21 heavy (non-hydrogen) atoms. The predicted octanol–water partition coefficient (Wildman–Crippen LogP) is 1.86. The van der Waals surface area contributed by atoms with Crippen LogP contribution in [-0.2, 0) is 14.3 Å². The fourth-order valence-electron chi connectivity index (χ4n) is 3.12. The van der Waals surface area contributed by atoms with E-state index in [-0.39, 0.29) is 18.6 Å². The van der Waals surface area contributed by atoms with Crippen LogP contribution < -0.4 is 0 Å². The maximum atomic E-state index is 12.6. The zero-order valence-corrected chi connectivity index (χ0v) is 13.4. The zero-order chi connectivity index (χ0) is 15.2. The summed E-state index contributed by atoms with van der Waals surface area (Å²) < 4.78 is 5.32. The molecule has 5 nitrogen and oxygen atoms in total. The summed E-state index contributed by atoms with van der Waals surface area (Å²) in [4.78, 5) is 25.7. The van der Waals surface area contributed by atoms with Crippen molar-refractivity contribution in [2.24, 2.45) is 11.8 Å². The van der Waals surface area contributed by atoms with Crippen LogP contribution in [0.1, 0.15) is 32.6 Å². The Morgan fingerprint density at radius 2 is 2.00 bits per heavy atom. The second kappa shape index (κ2) is 8.03. The van der Waals surface area contributed by atoms with E-state index in [0.29, 0.717) is 25.5 Å². The predicted molar refractivity (Wildman–Crippen MR) is 82.4 cm³/mol. The minimum Gasteiger partial charge on any atom is -0.481 e. The highest BCUT2D eigenvalue weighted by molar-refractivity contribution is 7.99. The lowest BCUT2D eigenvalue weighted by Gasteiger charge is -2.32. The van der Waals surface area contributed by atoms with Gasteiger partial charge in [0.2, 0.25) is 5.91 Å². The number of carbonyl (C=O) groups is 2. The fourth-order valence-corrected chi connectivity index (χ4v) is 4.32. The Kier molecular flexibility index (Phi) is 6.36. The first-order valence-electron chi connectivity index (χ1n) is 7.81. The van der Waals surface area contributed by atoms with Gasteiger partial charge in [0.05, 0.1) is 19.3 Å². The second-order valence-electron chi connectivity index (χ2n) is 5.90. The van der Waals surface area contributed by atoms with Crippen LogP contribution in [0.5, 0.6) is 0 Å². The third kappa shape index (κ3) is 4.36.